The van der Waals surface area contributed by atoms with Gasteiger partial charge in [0, 0.05) is 45.2 Å². The van der Waals surface area contributed by atoms with E-state index in [1.807, 2.05) is 36.5 Å². The summed E-state index contributed by atoms with van der Waals surface area (Å²) in [6, 6.07) is 35.5. The fourth-order valence-corrected chi connectivity index (χ4v) is 6.54. The average Bonchev–Trinajstić information content (AvgIpc) is 3.47. The van der Waals surface area contributed by atoms with E-state index in [2.05, 4.69) is 134 Å². The smallest absolute Gasteiger partial charge is 0.145 e. The van der Waals surface area contributed by atoms with Gasteiger partial charge in [-0.3, -0.25) is 14.5 Å². The molecule has 4 aromatic carbocycles. The van der Waals surface area contributed by atoms with Crippen molar-refractivity contribution in [2.75, 3.05) is 0 Å². The van der Waals surface area contributed by atoms with Crippen molar-refractivity contribution in [3.8, 4) is 45.1 Å². The molecule has 1 N–H and O–H groups in total. The first-order chi connectivity index (χ1) is 23.6. The van der Waals surface area contributed by atoms with Crippen LogP contribution in [0.2, 0.25) is 0 Å². The van der Waals surface area contributed by atoms with Crippen LogP contribution >= 0.6 is 0 Å². The molecule has 3 aromatic heterocycles. The summed E-state index contributed by atoms with van der Waals surface area (Å²) in [5.41, 5.74) is 12.6. The van der Waals surface area contributed by atoms with Crippen molar-refractivity contribution in [3.05, 3.63) is 126 Å². The van der Waals surface area contributed by atoms with Crippen molar-refractivity contribution in [1.29, 1.82) is 0 Å². The number of rotatable bonds is 4. The third-order valence-electron chi connectivity index (χ3n) is 9.58. The van der Waals surface area contributed by atoms with Crippen molar-refractivity contribution in [1.82, 2.24) is 19.5 Å². The number of aromatic nitrogens is 4. The number of pyridine rings is 2. The molecule has 0 radical (unpaired) electrons. The third-order valence-corrected chi connectivity index (χ3v) is 9.58. The Morgan fingerprint density at radius 2 is 1.20 bits per heavy atom. The summed E-state index contributed by atoms with van der Waals surface area (Å²) in [5.74, 6) is 1.06. The van der Waals surface area contributed by atoms with Crippen molar-refractivity contribution in [3.63, 3.8) is 0 Å². The molecule has 0 spiro atoms. The monoisotopic (exact) mass is 658 g/mol. The Labute approximate surface area is 295 Å². The second kappa shape index (κ2) is 11.9. The lowest BCUT2D eigenvalue weighted by atomic mass is 9.86. The van der Waals surface area contributed by atoms with Gasteiger partial charge in [-0.2, -0.15) is 0 Å². The number of phenolic OH excluding ortho intramolecular Hbond substituents is 1. The van der Waals surface area contributed by atoms with Crippen molar-refractivity contribution in [2.45, 2.75) is 78.6 Å². The number of aromatic hydroxyl groups is 1. The molecule has 50 heavy (non-hydrogen) atoms. The molecule has 0 aliphatic rings. The number of nitrogens with zero attached hydrogens (tertiary/aromatic N) is 4. The largest absolute Gasteiger partial charge is 0.507 e. The number of imidazole rings is 1. The third kappa shape index (κ3) is 6.06. The van der Waals surface area contributed by atoms with Gasteiger partial charge in [0.2, 0.25) is 0 Å². The zero-order chi connectivity index (χ0) is 35.6. The first-order valence-electron chi connectivity index (χ1n) is 17.4. The zero-order valence-electron chi connectivity index (χ0n) is 30.6. The molecular formula is C45H46N4O. The van der Waals surface area contributed by atoms with Crippen LogP contribution in [0.5, 0.6) is 5.75 Å². The molecule has 0 aliphatic heterocycles. The highest BCUT2D eigenvalue weighted by atomic mass is 16.3. The molecule has 0 amide bonds. The molecule has 3 heterocycles. The highest BCUT2D eigenvalue weighted by molar-refractivity contribution is 5.97. The molecule has 7 aromatic rings. The quantitative estimate of drug-likeness (QED) is 0.204. The van der Waals surface area contributed by atoms with Crippen LogP contribution in [0.1, 0.15) is 79.1 Å². The van der Waals surface area contributed by atoms with Crippen LogP contribution in [0.3, 0.4) is 0 Å². The number of benzene rings is 4. The second-order valence-electron chi connectivity index (χ2n) is 16.5. The van der Waals surface area contributed by atoms with E-state index in [4.69, 9.17) is 15.0 Å². The molecule has 7 rings (SSSR count). The fourth-order valence-electron chi connectivity index (χ4n) is 6.54. The minimum atomic E-state index is -0.148. The Balaban J connectivity index is 1.48. The van der Waals surface area contributed by atoms with Crippen molar-refractivity contribution < 1.29 is 5.11 Å². The first-order valence-corrected chi connectivity index (χ1v) is 17.4. The lowest BCUT2D eigenvalue weighted by molar-refractivity contribution is 0.477. The van der Waals surface area contributed by atoms with Gasteiger partial charge in [-0.1, -0.05) is 123 Å². The predicted octanol–water partition coefficient (Wildman–Crippen LogP) is 11.6. The fraction of sp³-hybridized carbons (Fsp3) is 0.267. The number of hydrogen-bond donors (Lipinski definition) is 1. The van der Waals surface area contributed by atoms with Crippen LogP contribution < -0.4 is 0 Å². The van der Waals surface area contributed by atoms with E-state index < -0.39 is 0 Å². The van der Waals surface area contributed by atoms with E-state index in [-0.39, 0.29) is 22.0 Å². The van der Waals surface area contributed by atoms with Gasteiger partial charge in [0.05, 0.1) is 22.1 Å². The van der Waals surface area contributed by atoms with Gasteiger partial charge in [0.1, 0.15) is 11.6 Å². The molecule has 0 unspecified atom stereocenters. The van der Waals surface area contributed by atoms with Gasteiger partial charge in [-0.25, -0.2) is 4.98 Å². The molecule has 0 saturated heterocycles. The van der Waals surface area contributed by atoms with Gasteiger partial charge >= 0.3 is 0 Å². The standard InChI is InChI=1S/C45H46N4O/c1-43(2,3)30-20-22-32(23-21-30)49-37-18-13-17-34(33-16-10-11-19-38(33)50)41(37)48-42(49)29-15-12-14-28(24-29)35-26-39(45(7,8)9)47-36-25-31(44(4,5)6)27-46-40(35)36/h10-27,50H,1-9H3. The van der Waals surface area contributed by atoms with Crippen LogP contribution in [0.15, 0.2) is 109 Å². The second-order valence-corrected chi connectivity index (χ2v) is 16.5. The minimum absolute atomic E-state index is 0.0333. The summed E-state index contributed by atoms with van der Waals surface area (Å²) in [6.07, 6.45) is 2.00. The van der Waals surface area contributed by atoms with Gasteiger partial charge in [-0.15, -0.1) is 0 Å². The lowest BCUT2D eigenvalue weighted by Crippen LogP contribution is -2.15. The number of phenols is 1. The molecule has 5 heteroatoms. The summed E-state index contributed by atoms with van der Waals surface area (Å²) in [7, 11) is 0. The minimum Gasteiger partial charge on any atom is -0.507 e. The Bertz CT molecular complexity index is 2370. The van der Waals surface area contributed by atoms with E-state index in [9.17, 15) is 5.11 Å². The molecule has 252 valence electrons. The highest BCUT2D eigenvalue weighted by Crippen LogP contribution is 2.40. The molecule has 0 atom stereocenters. The molecule has 0 aliphatic carbocycles. The Morgan fingerprint density at radius 3 is 1.88 bits per heavy atom. The number of hydrogen-bond acceptors (Lipinski definition) is 4. The topological polar surface area (TPSA) is 63.8 Å². The maximum absolute atomic E-state index is 10.9. The summed E-state index contributed by atoms with van der Waals surface area (Å²) in [5, 5.41) is 10.9. The molecule has 0 fully saturated rings. The average molecular weight is 659 g/mol. The van der Waals surface area contributed by atoms with Gasteiger partial charge < -0.3 is 5.11 Å². The maximum atomic E-state index is 10.9. The Kier molecular flexibility index (Phi) is 7.93. The summed E-state index contributed by atoms with van der Waals surface area (Å²) in [4.78, 5) is 15.5. The Morgan fingerprint density at radius 1 is 0.540 bits per heavy atom. The number of para-hydroxylation sites is 2. The van der Waals surface area contributed by atoms with Crippen molar-refractivity contribution >= 4 is 22.1 Å². The van der Waals surface area contributed by atoms with Crippen molar-refractivity contribution in [2.24, 2.45) is 0 Å². The summed E-state index contributed by atoms with van der Waals surface area (Å²) in [6.45, 7) is 19.9. The van der Waals surface area contributed by atoms with Gasteiger partial charge in [0.25, 0.3) is 0 Å². The lowest BCUT2D eigenvalue weighted by Gasteiger charge is -2.22. The normalized spacial score (nSPS) is 12.6. The highest BCUT2D eigenvalue weighted by Gasteiger charge is 2.23. The van der Waals surface area contributed by atoms with Crippen LogP contribution in [0.25, 0.3) is 61.4 Å². The molecule has 0 bridgehead atoms. The van der Waals surface area contributed by atoms with Gasteiger partial charge in [0.15, 0.2) is 0 Å². The van der Waals surface area contributed by atoms with Gasteiger partial charge in [-0.05, 0) is 70.0 Å². The Hall–Kier alpha value is -5.29. The van der Waals surface area contributed by atoms with Crippen LogP contribution in [-0.2, 0) is 16.2 Å². The molecular weight excluding hydrogens is 613 g/mol. The van der Waals surface area contributed by atoms with E-state index in [1.165, 1.54) is 5.56 Å². The first kappa shape index (κ1) is 33.2. The predicted molar refractivity (Wildman–Crippen MR) is 208 cm³/mol. The van der Waals surface area contributed by atoms with Crippen LogP contribution in [0.4, 0.5) is 0 Å². The molecule has 0 saturated carbocycles. The number of fused-ring (bicyclic) bond motifs is 2. The van der Waals surface area contributed by atoms with E-state index in [0.29, 0.717) is 0 Å². The SMILES string of the molecule is CC(C)(C)c1ccc(-n2c(-c3cccc(-c4cc(C(C)(C)C)nc5cc(C(C)(C)C)cnc45)c3)nc3c(-c4ccccc4O)cccc32)cc1. The summed E-state index contributed by atoms with van der Waals surface area (Å²) >= 11 is 0. The van der Waals surface area contributed by atoms with Crippen LogP contribution in [-0.4, -0.2) is 24.6 Å². The van der Waals surface area contributed by atoms with Crippen LogP contribution in [0, 0.1) is 0 Å². The van der Waals surface area contributed by atoms with E-state index >= 15 is 0 Å². The van der Waals surface area contributed by atoms with E-state index in [0.717, 1.165) is 72.7 Å². The van der Waals surface area contributed by atoms with E-state index in [1.54, 1.807) is 6.07 Å². The summed E-state index contributed by atoms with van der Waals surface area (Å²) < 4.78 is 2.24. The molecule has 5 nitrogen and oxygen atoms in total. The maximum Gasteiger partial charge on any atom is 0.145 e. The zero-order valence-corrected chi connectivity index (χ0v) is 30.6.